The average Bonchev–Trinajstić information content (AvgIpc) is 3.30. The largest absolute Gasteiger partial charge is 0.433 e. The normalized spacial score (nSPS) is 17.7. The van der Waals surface area contributed by atoms with E-state index in [0.29, 0.717) is 11.4 Å². The number of pyridine rings is 1. The molecule has 0 aliphatic carbocycles. The van der Waals surface area contributed by atoms with Crippen LogP contribution in [0, 0.1) is 0 Å². The molecule has 1 aromatic carbocycles. The molecule has 2 saturated heterocycles. The first-order chi connectivity index (χ1) is 16.7. The molecule has 0 atom stereocenters. The van der Waals surface area contributed by atoms with E-state index >= 15 is 0 Å². The molecule has 6 nitrogen and oxygen atoms in total. The number of amides is 1. The van der Waals surface area contributed by atoms with Gasteiger partial charge in [0.2, 0.25) is 5.91 Å². The van der Waals surface area contributed by atoms with Crippen molar-refractivity contribution < 1.29 is 13.9 Å². The second-order valence-corrected chi connectivity index (χ2v) is 10.3. The average molecular weight is 498 g/mol. The summed E-state index contributed by atoms with van der Waals surface area (Å²) in [5.41, 5.74) is 2.06. The molecule has 0 spiro atoms. The van der Waals surface area contributed by atoms with Crippen LogP contribution in [-0.4, -0.2) is 47.1 Å². The standard InChI is InChI=1S/C26H28ClN3O3S/c27-21-6-7-22(28-17-21)34-26-24(29-25(33-26)20-10-14-32-15-11-20)19-8-12-30(13-9-19)23(31)16-18-4-2-1-3-5-18/h1-7,17,19-20H,8-16H2. The number of carbonyl (C=O) groups excluding carboxylic acids is 1. The Hall–Kier alpha value is -2.35. The number of oxazole rings is 1. The Bertz CT molecular complexity index is 1090. The van der Waals surface area contributed by atoms with Crippen LogP contribution in [0.2, 0.25) is 5.02 Å². The highest BCUT2D eigenvalue weighted by atomic mass is 35.5. The minimum atomic E-state index is 0.188. The molecule has 4 heterocycles. The van der Waals surface area contributed by atoms with Gasteiger partial charge < -0.3 is 14.1 Å². The van der Waals surface area contributed by atoms with Crippen molar-refractivity contribution >= 4 is 29.3 Å². The third kappa shape index (κ3) is 5.65. The van der Waals surface area contributed by atoms with Crippen LogP contribution in [0.5, 0.6) is 0 Å². The third-order valence-corrected chi connectivity index (χ3v) is 7.69. The minimum absolute atomic E-state index is 0.188. The molecule has 0 unspecified atom stereocenters. The van der Waals surface area contributed by atoms with Gasteiger partial charge in [-0.1, -0.05) is 41.9 Å². The molecule has 1 amide bonds. The van der Waals surface area contributed by atoms with Gasteiger partial charge in [-0.3, -0.25) is 4.79 Å². The summed E-state index contributed by atoms with van der Waals surface area (Å²) in [5, 5.41) is 2.25. The predicted molar refractivity (Wildman–Crippen MR) is 131 cm³/mol. The van der Waals surface area contributed by atoms with Gasteiger partial charge in [-0.2, -0.15) is 0 Å². The molecular formula is C26H28ClN3O3S. The van der Waals surface area contributed by atoms with E-state index in [4.69, 9.17) is 25.7 Å². The van der Waals surface area contributed by atoms with Crippen molar-refractivity contribution in [1.29, 1.82) is 0 Å². The van der Waals surface area contributed by atoms with Crippen molar-refractivity contribution in [3.63, 3.8) is 0 Å². The van der Waals surface area contributed by atoms with Crippen molar-refractivity contribution in [2.24, 2.45) is 0 Å². The number of halogens is 1. The van der Waals surface area contributed by atoms with Crippen LogP contribution in [-0.2, 0) is 16.0 Å². The van der Waals surface area contributed by atoms with Gasteiger partial charge in [0.1, 0.15) is 5.03 Å². The third-order valence-electron chi connectivity index (χ3n) is 6.54. The summed E-state index contributed by atoms with van der Waals surface area (Å²) in [6, 6.07) is 13.7. The first kappa shape index (κ1) is 23.4. The number of hydrogen-bond acceptors (Lipinski definition) is 6. The van der Waals surface area contributed by atoms with Gasteiger partial charge in [0.05, 0.1) is 17.1 Å². The van der Waals surface area contributed by atoms with E-state index in [0.717, 1.165) is 79.3 Å². The fourth-order valence-corrected chi connectivity index (χ4v) is 5.57. The number of ether oxygens (including phenoxy) is 1. The Morgan fingerprint density at radius 1 is 1.03 bits per heavy atom. The van der Waals surface area contributed by atoms with Crippen molar-refractivity contribution in [2.45, 2.75) is 54.1 Å². The molecule has 3 aromatic rings. The van der Waals surface area contributed by atoms with Crippen molar-refractivity contribution in [3.05, 3.63) is 70.8 Å². The summed E-state index contributed by atoms with van der Waals surface area (Å²) >= 11 is 7.51. The number of piperidine rings is 1. The van der Waals surface area contributed by atoms with E-state index < -0.39 is 0 Å². The number of aromatic nitrogens is 2. The summed E-state index contributed by atoms with van der Waals surface area (Å²) in [6.07, 6.45) is 5.71. The topological polar surface area (TPSA) is 68.5 Å². The zero-order chi connectivity index (χ0) is 23.3. The molecule has 0 radical (unpaired) electrons. The first-order valence-corrected chi connectivity index (χ1v) is 13.0. The van der Waals surface area contributed by atoms with Crippen LogP contribution in [0.25, 0.3) is 0 Å². The second kappa shape index (κ2) is 10.9. The number of nitrogens with zero attached hydrogens (tertiary/aromatic N) is 3. The maximum absolute atomic E-state index is 12.8. The molecule has 2 aromatic heterocycles. The molecule has 8 heteroatoms. The summed E-state index contributed by atoms with van der Waals surface area (Å²) in [4.78, 5) is 24.2. The van der Waals surface area contributed by atoms with E-state index in [1.807, 2.05) is 47.4 Å². The molecule has 178 valence electrons. The fraction of sp³-hybridized carbons (Fsp3) is 0.423. The van der Waals surface area contributed by atoms with Crippen LogP contribution in [0.3, 0.4) is 0 Å². The van der Waals surface area contributed by atoms with Crippen LogP contribution >= 0.6 is 23.4 Å². The van der Waals surface area contributed by atoms with Crippen LogP contribution in [0.1, 0.15) is 54.7 Å². The lowest BCUT2D eigenvalue weighted by Crippen LogP contribution is -2.38. The van der Waals surface area contributed by atoms with Crippen LogP contribution < -0.4 is 0 Å². The molecule has 2 aliphatic rings. The Morgan fingerprint density at radius 2 is 1.79 bits per heavy atom. The Balaban J connectivity index is 1.30. The van der Waals surface area contributed by atoms with Gasteiger partial charge in [0, 0.05) is 44.3 Å². The van der Waals surface area contributed by atoms with E-state index in [-0.39, 0.29) is 17.7 Å². The van der Waals surface area contributed by atoms with E-state index in [1.54, 1.807) is 6.20 Å². The van der Waals surface area contributed by atoms with Crippen molar-refractivity contribution in [1.82, 2.24) is 14.9 Å². The first-order valence-electron chi connectivity index (χ1n) is 11.8. The lowest BCUT2D eigenvalue weighted by atomic mass is 9.93. The quantitative estimate of drug-likeness (QED) is 0.434. The minimum Gasteiger partial charge on any atom is -0.433 e. The lowest BCUT2D eigenvalue weighted by Gasteiger charge is -2.31. The Labute approximate surface area is 209 Å². The van der Waals surface area contributed by atoms with Gasteiger partial charge in [-0.05, 0) is 55.1 Å². The molecular weight excluding hydrogens is 470 g/mol. The Morgan fingerprint density at radius 3 is 2.50 bits per heavy atom. The highest BCUT2D eigenvalue weighted by molar-refractivity contribution is 7.99. The predicted octanol–water partition coefficient (Wildman–Crippen LogP) is 5.72. The fourth-order valence-electron chi connectivity index (χ4n) is 4.59. The summed E-state index contributed by atoms with van der Waals surface area (Å²) in [7, 11) is 0. The number of likely N-dealkylation sites (tertiary alicyclic amines) is 1. The number of rotatable bonds is 6. The summed E-state index contributed by atoms with van der Waals surface area (Å²) in [5.74, 6) is 1.53. The molecule has 34 heavy (non-hydrogen) atoms. The Kier molecular flexibility index (Phi) is 7.52. The van der Waals surface area contributed by atoms with Gasteiger partial charge in [-0.25, -0.2) is 9.97 Å². The van der Waals surface area contributed by atoms with Crippen LogP contribution in [0.4, 0.5) is 0 Å². The molecule has 5 rings (SSSR count). The highest BCUT2D eigenvalue weighted by Crippen LogP contribution is 2.40. The zero-order valence-corrected chi connectivity index (χ0v) is 20.6. The second-order valence-electron chi connectivity index (χ2n) is 8.85. The smallest absolute Gasteiger partial charge is 0.226 e. The highest BCUT2D eigenvalue weighted by Gasteiger charge is 2.31. The van der Waals surface area contributed by atoms with Gasteiger partial charge in [0.25, 0.3) is 0 Å². The monoisotopic (exact) mass is 497 g/mol. The maximum Gasteiger partial charge on any atom is 0.226 e. The molecule has 0 saturated carbocycles. The van der Waals surface area contributed by atoms with Gasteiger partial charge in [0.15, 0.2) is 11.0 Å². The van der Waals surface area contributed by atoms with Crippen molar-refractivity contribution in [3.8, 4) is 0 Å². The number of hydrogen-bond donors (Lipinski definition) is 0. The zero-order valence-electron chi connectivity index (χ0n) is 19.0. The summed E-state index contributed by atoms with van der Waals surface area (Å²) < 4.78 is 11.9. The lowest BCUT2D eigenvalue weighted by molar-refractivity contribution is -0.131. The number of benzene rings is 1. The molecule has 0 bridgehead atoms. The SMILES string of the molecule is O=C(Cc1ccccc1)N1CCC(c2nc(C3CCOCC3)oc2Sc2ccc(Cl)cn2)CC1. The molecule has 0 N–H and O–H groups in total. The summed E-state index contributed by atoms with van der Waals surface area (Å²) in [6.45, 7) is 2.95. The maximum atomic E-state index is 12.8. The number of carbonyl (C=O) groups is 1. The van der Waals surface area contributed by atoms with Crippen LogP contribution in [0.15, 0.2) is 63.2 Å². The van der Waals surface area contributed by atoms with E-state index in [9.17, 15) is 4.79 Å². The van der Waals surface area contributed by atoms with E-state index in [2.05, 4.69) is 4.98 Å². The van der Waals surface area contributed by atoms with Gasteiger partial charge in [-0.15, -0.1) is 0 Å². The molecule has 2 fully saturated rings. The van der Waals surface area contributed by atoms with Gasteiger partial charge >= 0.3 is 0 Å². The van der Waals surface area contributed by atoms with Crippen molar-refractivity contribution in [2.75, 3.05) is 26.3 Å². The molecule has 2 aliphatic heterocycles. The van der Waals surface area contributed by atoms with E-state index in [1.165, 1.54) is 11.8 Å².